The maximum Gasteiger partial charge on any atom is 0.188 e. The van der Waals surface area contributed by atoms with E-state index in [4.69, 9.17) is 16.0 Å². The normalized spacial score (nSPS) is 19.9. The Morgan fingerprint density at radius 1 is 1.53 bits per heavy atom. The zero-order valence-corrected chi connectivity index (χ0v) is 10.9. The van der Waals surface area contributed by atoms with E-state index >= 15 is 0 Å². The van der Waals surface area contributed by atoms with Gasteiger partial charge in [-0.15, -0.1) is 0 Å². The highest BCUT2D eigenvalue weighted by Gasteiger charge is 2.25. The lowest BCUT2D eigenvalue weighted by Gasteiger charge is -2.25. The van der Waals surface area contributed by atoms with E-state index in [-0.39, 0.29) is 12.4 Å². The number of anilines is 1. The highest BCUT2D eigenvalue weighted by atomic mass is 16.4. The summed E-state index contributed by atoms with van der Waals surface area (Å²) in [5.74, 6) is 0.873. The second-order valence-electron chi connectivity index (χ2n) is 4.72. The molecule has 6 heteroatoms. The molecule has 1 unspecified atom stereocenters. The number of hydrogen-bond acceptors (Lipinski definition) is 5. The molecule has 0 radical (unpaired) electrons. The predicted molar refractivity (Wildman–Crippen MR) is 73.4 cm³/mol. The molecule has 1 aliphatic heterocycles. The van der Waals surface area contributed by atoms with Gasteiger partial charge in [0.15, 0.2) is 5.84 Å². The molecule has 104 valence electrons. The van der Waals surface area contributed by atoms with Gasteiger partial charge in [-0.25, -0.2) is 4.98 Å². The van der Waals surface area contributed by atoms with Crippen LogP contribution in [0.2, 0.25) is 0 Å². The Kier molecular flexibility index (Phi) is 4.57. The van der Waals surface area contributed by atoms with Gasteiger partial charge in [-0.05, 0) is 37.8 Å². The van der Waals surface area contributed by atoms with E-state index in [1.165, 1.54) is 0 Å². The molecule has 19 heavy (non-hydrogen) atoms. The van der Waals surface area contributed by atoms with Crippen molar-refractivity contribution in [2.75, 3.05) is 18.1 Å². The molecule has 2 heterocycles. The minimum Gasteiger partial charge on any atom is -0.409 e. The van der Waals surface area contributed by atoms with Crippen molar-refractivity contribution < 1.29 is 10.3 Å². The minimum absolute atomic E-state index is 0.0213. The highest BCUT2D eigenvalue weighted by Crippen LogP contribution is 2.26. The van der Waals surface area contributed by atoms with E-state index in [0.29, 0.717) is 11.7 Å². The van der Waals surface area contributed by atoms with Gasteiger partial charge in [0.2, 0.25) is 0 Å². The molecule has 0 bridgehead atoms. The van der Waals surface area contributed by atoms with Gasteiger partial charge in [-0.2, -0.15) is 0 Å². The first-order chi connectivity index (χ1) is 9.26. The van der Waals surface area contributed by atoms with Gasteiger partial charge in [0.25, 0.3) is 0 Å². The summed E-state index contributed by atoms with van der Waals surface area (Å²) in [6, 6.07) is 5.93. The number of aromatic nitrogens is 1. The van der Waals surface area contributed by atoms with Crippen molar-refractivity contribution in [2.24, 2.45) is 10.9 Å². The molecule has 1 aromatic rings. The average molecular weight is 264 g/mol. The molecule has 0 amide bonds. The number of pyridine rings is 1. The van der Waals surface area contributed by atoms with Crippen molar-refractivity contribution in [3.63, 3.8) is 0 Å². The number of rotatable bonds is 5. The molecule has 1 saturated heterocycles. The van der Waals surface area contributed by atoms with E-state index in [1.807, 2.05) is 12.1 Å². The smallest absolute Gasteiger partial charge is 0.188 e. The molecule has 1 atom stereocenters. The van der Waals surface area contributed by atoms with Crippen molar-refractivity contribution in [2.45, 2.75) is 31.7 Å². The van der Waals surface area contributed by atoms with Crippen molar-refractivity contribution in [1.82, 2.24) is 4.98 Å². The van der Waals surface area contributed by atoms with Crippen LogP contribution in [0.3, 0.4) is 0 Å². The van der Waals surface area contributed by atoms with Gasteiger partial charge in [-0.3, -0.25) is 0 Å². The highest BCUT2D eigenvalue weighted by molar-refractivity contribution is 5.95. The van der Waals surface area contributed by atoms with Crippen molar-refractivity contribution in [3.05, 3.63) is 23.9 Å². The molecule has 6 nitrogen and oxygen atoms in total. The average Bonchev–Trinajstić information content (AvgIpc) is 2.92. The maximum absolute atomic E-state index is 8.94. The van der Waals surface area contributed by atoms with Crippen LogP contribution in [-0.2, 0) is 0 Å². The molecule has 1 aliphatic rings. The summed E-state index contributed by atoms with van der Waals surface area (Å²) in [4.78, 5) is 6.67. The van der Waals surface area contributed by atoms with Gasteiger partial charge in [0, 0.05) is 19.2 Å². The Hall–Kier alpha value is -1.82. The molecule has 0 spiro atoms. The fourth-order valence-corrected chi connectivity index (χ4v) is 2.54. The zero-order valence-electron chi connectivity index (χ0n) is 10.9. The molecule has 1 fully saturated rings. The fraction of sp³-hybridized carbons (Fsp3) is 0.538. The van der Waals surface area contributed by atoms with Crippen molar-refractivity contribution in [1.29, 1.82) is 0 Å². The van der Waals surface area contributed by atoms with Crippen LogP contribution in [0.25, 0.3) is 0 Å². The number of nitrogens with two attached hydrogens (primary N) is 1. The summed E-state index contributed by atoms with van der Waals surface area (Å²) in [5.41, 5.74) is 6.04. The molecule has 0 aliphatic carbocycles. The zero-order chi connectivity index (χ0) is 13.7. The SMILES string of the molecule is NC(=NO)c1cccc(N2CCCC2CCCO)n1. The predicted octanol–water partition coefficient (Wildman–Crippen LogP) is 0.917. The van der Waals surface area contributed by atoms with Crippen LogP contribution in [0.5, 0.6) is 0 Å². The number of nitrogens with zero attached hydrogens (tertiary/aromatic N) is 3. The first-order valence-corrected chi connectivity index (χ1v) is 6.58. The van der Waals surface area contributed by atoms with E-state index in [0.717, 1.165) is 38.0 Å². The molecular formula is C13H20N4O2. The Morgan fingerprint density at radius 3 is 3.11 bits per heavy atom. The lowest BCUT2D eigenvalue weighted by molar-refractivity contribution is 0.279. The third-order valence-corrected chi connectivity index (χ3v) is 3.47. The Labute approximate surface area is 112 Å². The van der Waals surface area contributed by atoms with Crippen LogP contribution < -0.4 is 10.6 Å². The minimum atomic E-state index is 0.0213. The summed E-state index contributed by atoms with van der Waals surface area (Å²) in [7, 11) is 0. The largest absolute Gasteiger partial charge is 0.409 e. The van der Waals surface area contributed by atoms with Crippen LogP contribution in [0.15, 0.2) is 23.4 Å². The monoisotopic (exact) mass is 264 g/mol. The molecule has 4 N–H and O–H groups in total. The number of amidine groups is 1. The van der Waals surface area contributed by atoms with Crippen LogP contribution in [0.1, 0.15) is 31.4 Å². The Morgan fingerprint density at radius 2 is 2.37 bits per heavy atom. The van der Waals surface area contributed by atoms with Gasteiger partial charge in [-0.1, -0.05) is 11.2 Å². The van der Waals surface area contributed by atoms with Crippen LogP contribution in [-0.4, -0.2) is 40.3 Å². The molecular weight excluding hydrogens is 244 g/mol. The third kappa shape index (κ3) is 3.14. The second-order valence-corrected chi connectivity index (χ2v) is 4.72. The Bertz CT molecular complexity index is 450. The van der Waals surface area contributed by atoms with Gasteiger partial charge < -0.3 is 20.9 Å². The fourth-order valence-electron chi connectivity index (χ4n) is 2.54. The maximum atomic E-state index is 8.94. The third-order valence-electron chi connectivity index (χ3n) is 3.47. The summed E-state index contributed by atoms with van der Waals surface area (Å²) in [5, 5.41) is 20.6. The summed E-state index contributed by atoms with van der Waals surface area (Å²) >= 11 is 0. The first-order valence-electron chi connectivity index (χ1n) is 6.58. The quantitative estimate of drug-likeness (QED) is 0.318. The molecule has 0 saturated carbocycles. The van der Waals surface area contributed by atoms with Crippen LogP contribution in [0, 0.1) is 0 Å². The van der Waals surface area contributed by atoms with E-state index in [1.54, 1.807) is 6.07 Å². The number of hydrogen-bond donors (Lipinski definition) is 3. The van der Waals surface area contributed by atoms with Crippen LogP contribution >= 0.6 is 0 Å². The molecule has 2 rings (SSSR count). The van der Waals surface area contributed by atoms with Gasteiger partial charge in [0.05, 0.1) is 0 Å². The number of aliphatic hydroxyl groups excluding tert-OH is 1. The van der Waals surface area contributed by atoms with Crippen LogP contribution in [0.4, 0.5) is 5.82 Å². The second kappa shape index (κ2) is 6.38. The summed E-state index contributed by atoms with van der Waals surface area (Å²) in [6.45, 7) is 1.19. The standard InChI is InChI=1S/C13H20N4O2/c14-13(16-19)11-6-1-7-12(15-11)17-8-2-4-10(17)5-3-9-18/h1,6-7,10,18-19H,2-5,8-9H2,(H2,14,16). The molecule has 0 aromatic carbocycles. The topological polar surface area (TPSA) is 95.0 Å². The summed E-state index contributed by atoms with van der Waals surface area (Å²) in [6.07, 6.45) is 4.02. The lowest BCUT2D eigenvalue weighted by atomic mass is 10.1. The van der Waals surface area contributed by atoms with Crippen molar-refractivity contribution in [3.8, 4) is 0 Å². The first kappa shape index (κ1) is 13.6. The number of aliphatic hydroxyl groups is 1. The van der Waals surface area contributed by atoms with Gasteiger partial charge in [0.1, 0.15) is 11.5 Å². The van der Waals surface area contributed by atoms with E-state index < -0.39 is 0 Å². The van der Waals surface area contributed by atoms with Gasteiger partial charge >= 0.3 is 0 Å². The van der Waals surface area contributed by atoms with Crippen molar-refractivity contribution >= 4 is 11.7 Å². The van der Waals surface area contributed by atoms with E-state index in [9.17, 15) is 0 Å². The summed E-state index contributed by atoms with van der Waals surface area (Å²) < 4.78 is 0. The van der Waals surface area contributed by atoms with E-state index in [2.05, 4.69) is 15.0 Å². The Balaban J connectivity index is 2.16. The lowest BCUT2D eigenvalue weighted by Crippen LogP contribution is -2.30. The molecule has 1 aromatic heterocycles. The number of oxime groups is 1.